The largest absolute Gasteiger partial charge is 0.377 e. The quantitative estimate of drug-likeness (QED) is 0.881. The van der Waals surface area contributed by atoms with Crippen LogP contribution in [0.2, 0.25) is 0 Å². The number of aromatic nitrogens is 3. The fourth-order valence-corrected chi connectivity index (χ4v) is 1.41. The van der Waals surface area contributed by atoms with Crippen LogP contribution in [-0.4, -0.2) is 15.0 Å². The molecule has 0 unspecified atom stereocenters. The number of H-pyrrole nitrogens is 1. The monoisotopic (exact) mass is 252 g/mol. The summed E-state index contributed by atoms with van der Waals surface area (Å²) in [6, 6.07) is 3.85. The van der Waals surface area contributed by atoms with Crippen molar-refractivity contribution >= 4 is 21.6 Å². The third-order valence-corrected chi connectivity index (χ3v) is 2.12. The van der Waals surface area contributed by atoms with E-state index >= 15 is 0 Å². The summed E-state index contributed by atoms with van der Waals surface area (Å²) in [5.41, 5.74) is 0.986. The van der Waals surface area contributed by atoms with Crippen molar-refractivity contribution in [3.8, 4) is 0 Å². The second-order valence-corrected chi connectivity index (χ2v) is 3.63. The molecular weight excluding hydrogens is 244 g/mol. The molecule has 2 N–H and O–H groups in total. The number of imidazole rings is 1. The molecule has 0 aromatic carbocycles. The van der Waals surface area contributed by atoms with Gasteiger partial charge in [0.2, 0.25) is 0 Å². The average Bonchev–Trinajstić information content (AvgIpc) is 2.63. The predicted octanol–water partition coefficient (Wildman–Crippen LogP) is 2.18. The average molecular weight is 253 g/mol. The van der Waals surface area contributed by atoms with Crippen LogP contribution < -0.4 is 5.32 Å². The molecule has 0 aliphatic heterocycles. The molecule has 0 aliphatic rings. The summed E-state index contributed by atoms with van der Waals surface area (Å²) in [5, 5.41) is 3.20. The number of anilines is 1. The van der Waals surface area contributed by atoms with Gasteiger partial charge in [0.05, 0.1) is 18.4 Å². The zero-order valence-electron chi connectivity index (χ0n) is 7.37. The van der Waals surface area contributed by atoms with E-state index in [2.05, 4.69) is 36.2 Å². The van der Waals surface area contributed by atoms with Crippen molar-refractivity contribution in [2.75, 3.05) is 5.32 Å². The van der Waals surface area contributed by atoms with Gasteiger partial charge in [-0.15, -0.1) is 0 Å². The smallest absolute Gasteiger partial charge is 0.126 e. The molecule has 2 aromatic heterocycles. The Hall–Kier alpha value is -1.36. The molecule has 0 saturated carbocycles. The van der Waals surface area contributed by atoms with Gasteiger partial charge < -0.3 is 10.3 Å². The molecule has 0 saturated heterocycles. The van der Waals surface area contributed by atoms with Crippen molar-refractivity contribution < 1.29 is 0 Å². The summed E-state index contributed by atoms with van der Waals surface area (Å²) in [6.45, 7) is 0.664. The lowest BCUT2D eigenvalue weighted by Gasteiger charge is -2.02. The van der Waals surface area contributed by atoms with Gasteiger partial charge in [0.1, 0.15) is 10.4 Å². The Balaban J connectivity index is 1.95. The molecule has 5 heteroatoms. The van der Waals surface area contributed by atoms with Gasteiger partial charge in [0.25, 0.3) is 0 Å². The highest BCUT2D eigenvalue weighted by Crippen LogP contribution is 2.07. The molecule has 4 nitrogen and oxygen atoms in total. The lowest BCUT2D eigenvalue weighted by atomic mass is 10.4. The second kappa shape index (κ2) is 4.23. The van der Waals surface area contributed by atoms with Crippen LogP contribution in [0.1, 0.15) is 5.82 Å². The summed E-state index contributed by atoms with van der Waals surface area (Å²) in [5.74, 6) is 0.890. The van der Waals surface area contributed by atoms with Gasteiger partial charge in [0.15, 0.2) is 0 Å². The molecule has 0 atom stereocenters. The van der Waals surface area contributed by atoms with Crippen molar-refractivity contribution in [2.45, 2.75) is 6.54 Å². The van der Waals surface area contributed by atoms with Crippen LogP contribution in [0.5, 0.6) is 0 Å². The molecule has 2 aromatic rings. The van der Waals surface area contributed by atoms with E-state index in [9.17, 15) is 0 Å². The third-order valence-electron chi connectivity index (χ3n) is 1.72. The van der Waals surface area contributed by atoms with Crippen LogP contribution in [0.25, 0.3) is 0 Å². The van der Waals surface area contributed by atoms with Gasteiger partial charge in [-0.2, -0.15) is 0 Å². The molecule has 0 radical (unpaired) electrons. The number of rotatable bonds is 3. The van der Waals surface area contributed by atoms with E-state index in [1.54, 1.807) is 18.6 Å². The zero-order chi connectivity index (χ0) is 9.80. The van der Waals surface area contributed by atoms with E-state index in [0.29, 0.717) is 6.54 Å². The summed E-state index contributed by atoms with van der Waals surface area (Å²) in [4.78, 5) is 11.2. The summed E-state index contributed by atoms with van der Waals surface area (Å²) in [7, 11) is 0. The third kappa shape index (κ3) is 2.32. The highest BCUT2D eigenvalue weighted by atomic mass is 79.9. The van der Waals surface area contributed by atoms with E-state index < -0.39 is 0 Å². The minimum atomic E-state index is 0.664. The Bertz CT molecular complexity index is 398. The number of nitrogens with one attached hydrogen (secondary N) is 2. The number of aromatic amines is 1. The lowest BCUT2D eigenvalue weighted by Crippen LogP contribution is -2.00. The first-order valence-corrected chi connectivity index (χ1v) is 4.97. The molecular formula is C9H9BrN4. The molecule has 0 fully saturated rings. The lowest BCUT2D eigenvalue weighted by molar-refractivity contribution is 0.994. The standard InChI is InChI=1S/C9H9BrN4/c10-8-5-13-9(14-8)6-12-7-2-1-3-11-4-7/h1-5,12H,6H2,(H,13,14). The Morgan fingerprint density at radius 3 is 3.00 bits per heavy atom. The number of nitrogens with zero attached hydrogens (tertiary/aromatic N) is 2. The fourth-order valence-electron chi connectivity index (χ4n) is 1.08. The highest BCUT2D eigenvalue weighted by molar-refractivity contribution is 9.10. The number of pyridine rings is 1. The topological polar surface area (TPSA) is 53.6 Å². The van der Waals surface area contributed by atoms with Crippen LogP contribution in [0.3, 0.4) is 0 Å². The van der Waals surface area contributed by atoms with Crippen molar-refractivity contribution in [3.05, 3.63) is 41.2 Å². The van der Waals surface area contributed by atoms with Gasteiger partial charge >= 0.3 is 0 Å². The molecule has 0 amide bonds. The summed E-state index contributed by atoms with van der Waals surface area (Å²) < 4.78 is 0.889. The normalized spacial score (nSPS) is 10.1. The first-order chi connectivity index (χ1) is 6.84. The van der Waals surface area contributed by atoms with Crippen LogP contribution in [-0.2, 0) is 6.54 Å². The van der Waals surface area contributed by atoms with Crippen LogP contribution >= 0.6 is 15.9 Å². The van der Waals surface area contributed by atoms with E-state index in [-0.39, 0.29) is 0 Å². The predicted molar refractivity (Wildman–Crippen MR) is 57.9 cm³/mol. The Morgan fingerprint density at radius 2 is 2.36 bits per heavy atom. The molecule has 2 rings (SSSR count). The van der Waals surface area contributed by atoms with Gasteiger partial charge in [-0.05, 0) is 28.1 Å². The fraction of sp³-hybridized carbons (Fsp3) is 0.111. The first-order valence-electron chi connectivity index (χ1n) is 4.18. The maximum absolute atomic E-state index is 4.15. The van der Waals surface area contributed by atoms with Gasteiger partial charge in [-0.25, -0.2) is 4.98 Å². The van der Waals surface area contributed by atoms with E-state index in [1.165, 1.54) is 0 Å². The SMILES string of the molecule is Brc1cnc(CNc2cccnc2)[nH]1. The Kier molecular flexibility index (Phi) is 2.78. The van der Waals surface area contributed by atoms with E-state index in [1.807, 2.05) is 12.1 Å². The van der Waals surface area contributed by atoms with Crippen molar-refractivity contribution in [1.82, 2.24) is 15.0 Å². The molecule has 14 heavy (non-hydrogen) atoms. The first kappa shape index (κ1) is 9.21. The highest BCUT2D eigenvalue weighted by Gasteiger charge is 1.97. The maximum Gasteiger partial charge on any atom is 0.126 e. The summed E-state index contributed by atoms with van der Waals surface area (Å²) >= 11 is 3.30. The minimum absolute atomic E-state index is 0.664. The Labute approximate surface area is 89.9 Å². The second-order valence-electron chi connectivity index (χ2n) is 2.77. The van der Waals surface area contributed by atoms with E-state index in [0.717, 1.165) is 16.1 Å². The van der Waals surface area contributed by atoms with Crippen molar-refractivity contribution in [3.63, 3.8) is 0 Å². The Morgan fingerprint density at radius 1 is 1.43 bits per heavy atom. The maximum atomic E-state index is 4.15. The van der Waals surface area contributed by atoms with Gasteiger partial charge in [-0.3, -0.25) is 4.98 Å². The molecule has 0 aliphatic carbocycles. The van der Waals surface area contributed by atoms with Crippen LogP contribution in [0.4, 0.5) is 5.69 Å². The van der Waals surface area contributed by atoms with Crippen molar-refractivity contribution in [1.29, 1.82) is 0 Å². The molecule has 0 bridgehead atoms. The molecule has 0 spiro atoms. The minimum Gasteiger partial charge on any atom is -0.377 e. The van der Waals surface area contributed by atoms with Crippen LogP contribution in [0.15, 0.2) is 35.3 Å². The number of halogens is 1. The van der Waals surface area contributed by atoms with Crippen LogP contribution in [0, 0.1) is 0 Å². The molecule has 2 heterocycles. The van der Waals surface area contributed by atoms with Gasteiger partial charge in [0, 0.05) is 12.4 Å². The molecule has 72 valence electrons. The van der Waals surface area contributed by atoms with E-state index in [4.69, 9.17) is 0 Å². The summed E-state index contributed by atoms with van der Waals surface area (Å²) in [6.07, 6.45) is 5.26. The number of hydrogen-bond acceptors (Lipinski definition) is 3. The van der Waals surface area contributed by atoms with Gasteiger partial charge in [-0.1, -0.05) is 0 Å². The zero-order valence-corrected chi connectivity index (χ0v) is 8.95. The van der Waals surface area contributed by atoms with Crippen molar-refractivity contribution in [2.24, 2.45) is 0 Å². The number of hydrogen-bond donors (Lipinski definition) is 2.